The molecule has 5 rings (SSSR count). The topological polar surface area (TPSA) is 253 Å². The number of ether oxygens (including phenoxy) is 9. The first kappa shape index (κ1) is 43.0. The molecule has 19 heteroatoms. The number of pyridine rings is 1. The third-order valence-electron chi connectivity index (χ3n) is 11.7. The molecule has 0 unspecified atom stereocenters. The predicted molar refractivity (Wildman–Crippen MR) is 185 cm³/mol. The number of hydrogen-bond acceptors (Lipinski definition) is 19. The second kappa shape index (κ2) is 15.3. The van der Waals surface area contributed by atoms with E-state index in [9.17, 15) is 43.5 Å². The number of esters is 8. The number of fused-ring (bicyclic) bond motifs is 5. The molecule has 13 atom stereocenters. The van der Waals surface area contributed by atoms with Gasteiger partial charge in [0.15, 0.2) is 36.1 Å². The monoisotopic (exact) mass is 805 g/mol. The van der Waals surface area contributed by atoms with E-state index in [4.69, 9.17) is 42.6 Å². The highest BCUT2D eigenvalue weighted by atomic mass is 16.7. The molecule has 2 saturated carbocycles. The van der Waals surface area contributed by atoms with Crippen LogP contribution in [0.2, 0.25) is 0 Å². The smallest absolute Gasteiger partial charge is 0.340 e. The Hall–Kier alpha value is -5.17. The number of carbonyl (C=O) groups is 8. The van der Waals surface area contributed by atoms with Crippen molar-refractivity contribution < 1.29 is 86.1 Å². The van der Waals surface area contributed by atoms with Gasteiger partial charge in [0.25, 0.3) is 0 Å². The zero-order chi connectivity index (χ0) is 42.6. The summed E-state index contributed by atoms with van der Waals surface area (Å²) in [4.78, 5) is 111. The summed E-state index contributed by atoms with van der Waals surface area (Å²) < 4.78 is 54.3. The zero-order valence-corrected chi connectivity index (χ0v) is 33.2. The fraction of sp³-hybridized carbons (Fsp3) is 0.658. The van der Waals surface area contributed by atoms with Gasteiger partial charge in [-0.2, -0.15) is 0 Å². The van der Waals surface area contributed by atoms with Crippen LogP contribution in [0.4, 0.5) is 0 Å². The van der Waals surface area contributed by atoms with E-state index in [0.717, 1.165) is 48.5 Å². The lowest BCUT2D eigenvalue weighted by Gasteiger charge is -2.68. The van der Waals surface area contributed by atoms with Crippen molar-refractivity contribution in [3.8, 4) is 0 Å². The molecule has 3 fully saturated rings. The van der Waals surface area contributed by atoms with Gasteiger partial charge in [0.2, 0.25) is 0 Å². The average Bonchev–Trinajstić information content (AvgIpc) is 3.32. The lowest BCUT2D eigenvalue weighted by molar-refractivity contribution is -0.387. The highest BCUT2D eigenvalue weighted by Gasteiger charge is 2.93. The summed E-state index contributed by atoms with van der Waals surface area (Å²) in [7, 11) is 0. The molecule has 1 aromatic heterocycles. The van der Waals surface area contributed by atoms with Crippen LogP contribution in [0.3, 0.4) is 0 Å². The normalized spacial score (nSPS) is 38.2. The van der Waals surface area contributed by atoms with Crippen LogP contribution in [0.25, 0.3) is 0 Å². The van der Waals surface area contributed by atoms with Crippen LogP contribution >= 0.6 is 0 Å². The second-order valence-electron chi connectivity index (χ2n) is 15.3. The summed E-state index contributed by atoms with van der Waals surface area (Å²) in [6.07, 6.45) is -12.2. The van der Waals surface area contributed by atoms with E-state index in [1.807, 2.05) is 0 Å². The lowest BCUT2D eigenvalue weighted by atomic mass is 9.42. The van der Waals surface area contributed by atoms with E-state index in [1.165, 1.54) is 32.2 Å². The maximum atomic E-state index is 14.3. The molecule has 19 nitrogen and oxygen atoms in total. The zero-order valence-electron chi connectivity index (χ0n) is 33.2. The van der Waals surface area contributed by atoms with Crippen LogP contribution in [0.5, 0.6) is 0 Å². The molecule has 2 aliphatic carbocycles. The molecule has 0 amide bonds. The fourth-order valence-electron chi connectivity index (χ4n) is 9.22. The largest absolute Gasteiger partial charge is 0.465 e. The van der Waals surface area contributed by atoms with Gasteiger partial charge in [-0.1, -0.05) is 13.8 Å². The van der Waals surface area contributed by atoms with E-state index in [2.05, 4.69) is 4.98 Å². The van der Waals surface area contributed by atoms with E-state index in [-0.39, 0.29) is 11.3 Å². The van der Waals surface area contributed by atoms with Gasteiger partial charge >= 0.3 is 47.8 Å². The van der Waals surface area contributed by atoms with Gasteiger partial charge in [-0.15, -0.1) is 0 Å². The quantitative estimate of drug-likeness (QED) is 0.298. The van der Waals surface area contributed by atoms with E-state index >= 15 is 0 Å². The summed E-state index contributed by atoms with van der Waals surface area (Å²) in [6.45, 7) is 9.71. The van der Waals surface area contributed by atoms with Gasteiger partial charge in [0.1, 0.15) is 36.4 Å². The molecule has 0 radical (unpaired) electrons. The summed E-state index contributed by atoms with van der Waals surface area (Å²) in [5.41, 5.74) is -10.1. The molecule has 1 spiro atoms. The molecule has 4 bridgehead atoms. The Bertz CT molecular complexity index is 1860. The van der Waals surface area contributed by atoms with E-state index < -0.39 is 138 Å². The maximum absolute atomic E-state index is 14.3. The molecule has 0 aromatic carbocycles. The van der Waals surface area contributed by atoms with Crippen molar-refractivity contribution in [1.29, 1.82) is 0 Å². The minimum absolute atomic E-state index is 0.0408. The van der Waals surface area contributed by atoms with E-state index in [0.29, 0.717) is 0 Å². The van der Waals surface area contributed by atoms with Crippen LogP contribution in [0.15, 0.2) is 18.3 Å². The second-order valence-corrected chi connectivity index (χ2v) is 15.3. The van der Waals surface area contributed by atoms with Gasteiger partial charge < -0.3 is 47.7 Å². The molecular weight excluding hydrogens is 758 g/mol. The van der Waals surface area contributed by atoms with Crippen LogP contribution in [-0.4, -0.2) is 125 Å². The Balaban J connectivity index is 2.01. The number of rotatable bonds is 7. The van der Waals surface area contributed by atoms with Gasteiger partial charge in [-0.05, 0) is 26.0 Å². The van der Waals surface area contributed by atoms with Gasteiger partial charge in [-0.3, -0.25) is 38.5 Å². The number of carbonyl (C=O) groups excluding carboxylic acids is 8. The van der Waals surface area contributed by atoms with Crippen LogP contribution in [0.1, 0.15) is 91.2 Å². The minimum atomic E-state index is -2.82. The highest BCUT2D eigenvalue weighted by molar-refractivity contribution is 5.91. The van der Waals surface area contributed by atoms with Crippen molar-refractivity contribution in [2.45, 2.75) is 129 Å². The molecule has 2 aliphatic heterocycles. The summed E-state index contributed by atoms with van der Waals surface area (Å²) >= 11 is 0. The van der Waals surface area contributed by atoms with Crippen molar-refractivity contribution in [3.05, 3.63) is 29.6 Å². The Kier molecular flexibility index (Phi) is 11.5. The third-order valence-corrected chi connectivity index (χ3v) is 11.7. The Morgan fingerprint density at radius 3 is 1.91 bits per heavy atom. The number of hydrogen-bond donors (Lipinski definition) is 1. The molecule has 3 heterocycles. The number of aliphatic hydroxyl groups is 1. The first-order valence-corrected chi connectivity index (χ1v) is 18.2. The maximum Gasteiger partial charge on any atom is 0.340 e. The van der Waals surface area contributed by atoms with Gasteiger partial charge in [-0.25, -0.2) is 4.79 Å². The Morgan fingerprint density at radius 2 is 1.35 bits per heavy atom. The molecule has 57 heavy (non-hydrogen) atoms. The molecule has 1 aromatic rings. The van der Waals surface area contributed by atoms with Gasteiger partial charge in [0, 0.05) is 53.7 Å². The molecular formula is C38H47NO18. The predicted octanol–water partition coefficient (Wildman–Crippen LogP) is 1.03. The van der Waals surface area contributed by atoms with Crippen molar-refractivity contribution in [1.82, 2.24) is 4.98 Å². The number of aromatic nitrogens is 1. The Labute approximate surface area is 327 Å². The SMILES string of the molecule is CC(=O)OC[C@@]12[C@H](OC(C)=O)[C@@H](OC(C)=O)[C@@]3(C)[C@@H]4COC(=O)c5cccnc5[C@@H](C)[C@H](C)C(=O)O[C@@H]([C@H](OC(C)=O)[C@@H]1OC(C)=O)[C@](C)(O)[C@@]2(O4)[C@@H]3OC(C)=O. The highest BCUT2D eigenvalue weighted by Crippen LogP contribution is 2.71. The minimum Gasteiger partial charge on any atom is -0.465 e. The fourth-order valence-corrected chi connectivity index (χ4v) is 9.22. The number of nitrogens with zero attached hydrogens (tertiary/aromatic N) is 1. The van der Waals surface area contributed by atoms with Gasteiger partial charge in [0.05, 0.1) is 22.6 Å². The van der Waals surface area contributed by atoms with Crippen molar-refractivity contribution in [2.75, 3.05) is 13.2 Å². The van der Waals surface area contributed by atoms with Crippen molar-refractivity contribution >= 4 is 47.8 Å². The standard InChI is InChI=1S/C38H47NO18/c1-16-17(2)32(46)56-28-27(51-19(4)41)29(52-20(5)42)37(15-50-18(3)40)31(54-22(7)44)30(53-21(6)43)35(9)25(14-49-33(47)24-12-11-13-39-26(16)24)57-38(37,36(28,10)48)34(35)55-23(8)45/h11-13,16-17,25,27-31,34,48H,14-15H2,1-10H3/t16-,17-,25-,27-,28-,29-,30+,31+,34+,35+,36-,37-,38-/m0/s1. The van der Waals surface area contributed by atoms with Crippen LogP contribution in [0, 0.1) is 16.7 Å². The lowest BCUT2D eigenvalue weighted by Crippen LogP contribution is -2.90. The molecule has 312 valence electrons. The number of cyclic esters (lactones) is 1. The average molecular weight is 806 g/mol. The molecule has 1 N–H and O–H groups in total. The van der Waals surface area contributed by atoms with E-state index in [1.54, 1.807) is 6.92 Å². The third kappa shape index (κ3) is 6.77. The molecule has 1 saturated heterocycles. The summed E-state index contributed by atoms with van der Waals surface area (Å²) in [6, 6.07) is 2.89. The summed E-state index contributed by atoms with van der Waals surface area (Å²) in [5, 5.41) is 13.4. The van der Waals surface area contributed by atoms with Crippen LogP contribution < -0.4 is 0 Å². The van der Waals surface area contributed by atoms with Crippen molar-refractivity contribution in [2.24, 2.45) is 16.7 Å². The first-order chi connectivity index (χ1) is 26.5. The molecule has 4 aliphatic rings. The first-order valence-electron chi connectivity index (χ1n) is 18.2. The van der Waals surface area contributed by atoms with Crippen LogP contribution in [-0.2, 0) is 76.2 Å². The summed E-state index contributed by atoms with van der Waals surface area (Å²) in [5.74, 6) is -10.1. The Morgan fingerprint density at radius 1 is 0.789 bits per heavy atom. The van der Waals surface area contributed by atoms with Crippen molar-refractivity contribution in [3.63, 3.8) is 0 Å².